The van der Waals surface area contributed by atoms with Gasteiger partial charge in [-0.05, 0) is 37.3 Å². The number of H-pyrrole nitrogens is 1. The van der Waals surface area contributed by atoms with Crippen LogP contribution in [0.25, 0.3) is 16.7 Å². The Kier molecular flexibility index (Phi) is 4.30. The molecule has 132 valence electrons. The molecule has 3 heterocycles. The van der Waals surface area contributed by atoms with Crippen LogP contribution in [-0.4, -0.2) is 31.7 Å². The quantitative estimate of drug-likeness (QED) is 0.521. The molecule has 0 saturated carbocycles. The third-order valence-corrected chi connectivity index (χ3v) is 5.13. The molecule has 6 nitrogen and oxygen atoms in total. The number of methoxy groups -OCH3 is 1. The Morgan fingerprint density at radius 3 is 2.92 bits per heavy atom. The summed E-state index contributed by atoms with van der Waals surface area (Å²) in [5.74, 6) is 1.80. The number of fused-ring (bicyclic) bond motifs is 1. The van der Waals surface area contributed by atoms with Crippen LogP contribution in [-0.2, 0) is 5.75 Å². The summed E-state index contributed by atoms with van der Waals surface area (Å²) >= 11 is 1.61. The molecule has 0 radical (unpaired) electrons. The van der Waals surface area contributed by atoms with Gasteiger partial charge in [0.25, 0.3) is 0 Å². The maximum atomic E-state index is 9.51. The first-order valence-electron chi connectivity index (χ1n) is 8.12. The van der Waals surface area contributed by atoms with E-state index in [1.54, 1.807) is 37.3 Å². The number of pyridine rings is 1. The van der Waals surface area contributed by atoms with Gasteiger partial charge in [0.1, 0.15) is 11.5 Å². The zero-order chi connectivity index (χ0) is 18.1. The largest absolute Gasteiger partial charge is 0.506 e. The van der Waals surface area contributed by atoms with Gasteiger partial charge in [-0.2, -0.15) is 0 Å². The second-order valence-electron chi connectivity index (χ2n) is 5.89. The Morgan fingerprint density at radius 1 is 1.27 bits per heavy atom. The number of ether oxygens (including phenoxy) is 1. The molecule has 0 aliphatic carbocycles. The molecule has 0 bridgehead atoms. The number of thioether (sulfide) groups is 1. The molecular formula is C19H18N4O2S. The Morgan fingerprint density at radius 2 is 2.15 bits per heavy atom. The summed E-state index contributed by atoms with van der Waals surface area (Å²) in [6, 6.07) is 9.48. The first-order valence-corrected chi connectivity index (χ1v) is 9.11. The van der Waals surface area contributed by atoms with Crippen LogP contribution in [0.1, 0.15) is 11.3 Å². The SMILES string of the molecule is COc1ccnc(CSc2nc3ccc(-n4ccc(O)c4)cc3[nH]2)c1C. The van der Waals surface area contributed by atoms with Gasteiger partial charge < -0.3 is 19.4 Å². The van der Waals surface area contributed by atoms with E-state index in [9.17, 15) is 5.11 Å². The highest BCUT2D eigenvalue weighted by Crippen LogP contribution is 2.27. The number of aromatic hydroxyl groups is 1. The second-order valence-corrected chi connectivity index (χ2v) is 6.86. The zero-order valence-corrected chi connectivity index (χ0v) is 15.2. The lowest BCUT2D eigenvalue weighted by molar-refractivity contribution is 0.410. The molecule has 0 aliphatic heterocycles. The average Bonchev–Trinajstić information content (AvgIpc) is 3.26. The number of nitrogens with zero attached hydrogens (tertiary/aromatic N) is 3. The smallest absolute Gasteiger partial charge is 0.166 e. The van der Waals surface area contributed by atoms with E-state index in [0.29, 0.717) is 5.75 Å². The number of hydrogen-bond acceptors (Lipinski definition) is 5. The molecule has 0 saturated heterocycles. The molecule has 0 fully saturated rings. The Labute approximate surface area is 154 Å². The van der Waals surface area contributed by atoms with Gasteiger partial charge in [0.2, 0.25) is 0 Å². The molecule has 3 aromatic heterocycles. The second kappa shape index (κ2) is 6.76. The van der Waals surface area contributed by atoms with Crippen molar-refractivity contribution >= 4 is 22.8 Å². The van der Waals surface area contributed by atoms with Crippen LogP contribution in [0.15, 0.2) is 54.1 Å². The van der Waals surface area contributed by atoms with Crippen LogP contribution >= 0.6 is 11.8 Å². The number of aromatic amines is 1. The van der Waals surface area contributed by atoms with Crippen LogP contribution in [0, 0.1) is 6.92 Å². The zero-order valence-electron chi connectivity index (χ0n) is 14.4. The molecule has 0 atom stereocenters. The van der Waals surface area contributed by atoms with E-state index in [1.165, 1.54) is 0 Å². The molecule has 0 aliphatic rings. The predicted octanol–water partition coefficient (Wildman–Crippen LogP) is 4.06. The molecule has 2 N–H and O–H groups in total. The number of rotatable bonds is 5. The van der Waals surface area contributed by atoms with Crippen molar-refractivity contribution in [2.24, 2.45) is 0 Å². The van der Waals surface area contributed by atoms with Crippen LogP contribution in [0.2, 0.25) is 0 Å². The van der Waals surface area contributed by atoms with Gasteiger partial charge in [0.05, 0.1) is 30.0 Å². The number of benzene rings is 1. The highest BCUT2D eigenvalue weighted by Gasteiger charge is 2.09. The van der Waals surface area contributed by atoms with Crippen molar-refractivity contribution in [2.75, 3.05) is 7.11 Å². The lowest BCUT2D eigenvalue weighted by Crippen LogP contribution is -1.95. The molecule has 7 heteroatoms. The van der Waals surface area contributed by atoms with Gasteiger partial charge in [0, 0.05) is 29.4 Å². The van der Waals surface area contributed by atoms with E-state index in [-0.39, 0.29) is 5.75 Å². The van der Waals surface area contributed by atoms with E-state index in [0.717, 1.165) is 38.9 Å². The summed E-state index contributed by atoms with van der Waals surface area (Å²) < 4.78 is 7.22. The fraction of sp³-hybridized carbons (Fsp3) is 0.158. The highest BCUT2D eigenvalue weighted by atomic mass is 32.2. The Bertz CT molecular complexity index is 1070. The van der Waals surface area contributed by atoms with Gasteiger partial charge in [0.15, 0.2) is 5.16 Å². The highest BCUT2D eigenvalue weighted by molar-refractivity contribution is 7.98. The summed E-state index contributed by atoms with van der Waals surface area (Å²) in [4.78, 5) is 12.4. The first-order chi connectivity index (χ1) is 12.6. The van der Waals surface area contributed by atoms with Gasteiger partial charge in [-0.3, -0.25) is 4.98 Å². The van der Waals surface area contributed by atoms with Crippen molar-refractivity contribution in [1.29, 1.82) is 0 Å². The van der Waals surface area contributed by atoms with E-state index >= 15 is 0 Å². The first kappa shape index (κ1) is 16.5. The van der Waals surface area contributed by atoms with E-state index in [4.69, 9.17) is 4.74 Å². The molecule has 26 heavy (non-hydrogen) atoms. The number of nitrogens with one attached hydrogen (secondary N) is 1. The molecule has 4 aromatic rings. The maximum Gasteiger partial charge on any atom is 0.166 e. The topological polar surface area (TPSA) is 76.0 Å². The Hall–Kier alpha value is -2.93. The third kappa shape index (κ3) is 3.13. The fourth-order valence-corrected chi connectivity index (χ4v) is 3.72. The van der Waals surface area contributed by atoms with Crippen molar-refractivity contribution in [1.82, 2.24) is 19.5 Å². The van der Waals surface area contributed by atoms with E-state index < -0.39 is 0 Å². The summed E-state index contributed by atoms with van der Waals surface area (Å²) in [6.07, 6.45) is 5.25. The standard InChI is InChI=1S/C19H18N4O2S/c1-12-17(20-7-5-18(12)25-2)11-26-19-21-15-4-3-13(9-16(15)22-19)23-8-6-14(24)10-23/h3-10,24H,11H2,1-2H3,(H,21,22). The van der Waals surface area contributed by atoms with E-state index in [1.807, 2.05) is 42.0 Å². The predicted molar refractivity (Wildman–Crippen MR) is 102 cm³/mol. The summed E-state index contributed by atoms with van der Waals surface area (Å²) in [7, 11) is 1.67. The summed E-state index contributed by atoms with van der Waals surface area (Å²) in [5.41, 5.74) is 4.85. The van der Waals surface area contributed by atoms with Crippen LogP contribution in [0.5, 0.6) is 11.5 Å². The lowest BCUT2D eigenvalue weighted by Gasteiger charge is -2.08. The minimum atomic E-state index is 0.243. The number of imidazole rings is 1. The van der Waals surface area contributed by atoms with Gasteiger partial charge in [-0.1, -0.05) is 11.8 Å². The molecule has 0 amide bonds. The minimum Gasteiger partial charge on any atom is -0.506 e. The lowest BCUT2D eigenvalue weighted by atomic mass is 10.2. The molecule has 1 aromatic carbocycles. The average molecular weight is 366 g/mol. The molecule has 4 rings (SSSR count). The minimum absolute atomic E-state index is 0.243. The van der Waals surface area contributed by atoms with E-state index in [2.05, 4.69) is 15.0 Å². The number of hydrogen-bond donors (Lipinski definition) is 2. The van der Waals surface area contributed by atoms with Gasteiger partial charge in [-0.15, -0.1) is 0 Å². The van der Waals surface area contributed by atoms with Crippen molar-refractivity contribution in [3.05, 3.63) is 60.2 Å². The molecule has 0 spiro atoms. The molecular weight excluding hydrogens is 348 g/mol. The van der Waals surface area contributed by atoms with Crippen molar-refractivity contribution in [3.8, 4) is 17.2 Å². The monoisotopic (exact) mass is 366 g/mol. The van der Waals surface area contributed by atoms with Crippen molar-refractivity contribution in [2.45, 2.75) is 17.8 Å². The van der Waals surface area contributed by atoms with Crippen LogP contribution in [0.4, 0.5) is 0 Å². The van der Waals surface area contributed by atoms with Crippen molar-refractivity contribution in [3.63, 3.8) is 0 Å². The third-order valence-electron chi connectivity index (χ3n) is 4.24. The summed E-state index contributed by atoms with van der Waals surface area (Å²) in [5, 5.41) is 10.4. The normalized spacial score (nSPS) is 11.2. The van der Waals surface area contributed by atoms with Gasteiger partial charge >= 0.3 is 0 Å². The van der Waals surface area contributed by atoms with Crippen LogP contribution < -0.4 is 4.74 Å². The Balaban J connectivity index is 1.56. The molecule has 0 unspecified atom stereocenters. The van der Waals surface area contributed by atoms with Crippen molar-refractivity contribution < 1.29 is 9.84 Å². The fourth-order valence-electron chi connectivity index (χ4n) is 2.81. The number of aromatic nitrogens is 4. The van der Waals surface area contributed by atoms with Gasteiger partial charge in [-0.25, -0.2) is 4.98 Å². The summed E-state index contributed by atoms with van der Waals surface area (Å²) in [6.45, 7) is 2.01. The van der Waals surface area contributed by atoms with Crippen LogP contribution in [0.3, 0.4) is 0 Å². The maximum absolute atomic E-state index is 9.51.